The van der Waals surface area contributed by atoms with E-state index in [4.69, 9.17) is 11.6 Å². The first-order chi connectivity index (χ1) is 10.1. The summed E-state index contributed by atoms with van der Waals surface area (Å²) in [4.78, 5) is 8.95. The lowest BCUT2D eigenvalue weighted by Crippen LogP contribution is -2.07. The zero-order chi connectivity index (χ0) is 15.4. The molecule has 0 saturated carbocycles. The van der Waals surface area contributed by atoms with Crippen molar-refractivity contribution in [3.63, 3.8) is 0 Å². The monoisotopic (exact) mass is 371 g/mol. The van der Waals surface area contributed by atoms with E-state index in [1.165, 1.54) is 6.07 Å². The molecule has 0 atom stereocenters. The summed E-state index contributed by atoms with van der Waals surface area (Å²) in [5.74, 6) is 0.881. The summed E-state index contributed by atoms with van der Waals surface area (Å²) >= 11 is 9.31. The Morgan fingerprint density at radius 1 is 1.33 bits per heavy atom. The van der Waals surface area contributed by atoms with Gasteiger partial charge in [-0.2, -0.15) is 0 Å². The molecule has 1 aromatic carbocycles. The molecule has 3 nitrogen and oxygen atoms in total. The first-order valence-electron chi connectivity index (χ1n) is 6.72. The maximum absolute atomic E-state index is 14.0. The molecule has 0 radical (unpaired) electrons. The summed E-state index contributed by atoms with van der Waals surface area (Å²) in [7, 11) is 1.80. The maximum Gasteiger partial charge on any atom is 0.145 e. The molecule has 21 heavy (non-hydrogen) atoms. The van der Waals surface area contributed by atoms with Crippen LogP contribution in [0.1, 0.15) is 30.4 Å². The average molecular weight is 373 g/mol. The van der Waals surface area contributed by atoms with Crippen LogP contribution in [0.4, 0.5) is 10.2 Å². The van der Waals surface area contributed by atoms with Gasteiger partial charge in [-0.05, 0) is 34.0 Å². The Hall–Kier alpha value is -1.20. The van der Waals surface area contributed by atoms with E-state index in [-0.39, 0.29) is 5.02 Å². The molecular weight excluding hydrogens is 357 g/mol. The highest BCUT2D eigenvalue weighted by Crippen LogP contribution is 2.26. The SMILES string of the molecule is CCCc1nc(Cc2cccc(Cl)c2F)nc(NC)c1Br. The predicted octanol–water partition coefficient (Wildman–Crippen LogP) is 4.62. The number of rotatable bonds is 5. The molecule has 0 fully saturated rings. The molecule has 1 heterocycles. The van der Waals surface area contributed by atoms with E-state index in [0.717, 1.165) is 23.0 Å². The van der Waals surface area contributed by atoms with Crippen LogP contribution < -0.4 is 5.32 Å². The lowest BCUT2D eigenvalue weighted by Gasteiger charge is -2.11. The van der Waals surface area contributed by atoms with Gasteiger partial charge >= 0.3 is 0 Å². The second-order valence-corrected chi connectivity index (χ2v) is 5.84. The molecule has 0 aliphatic heterocycles. The fraction of sp³-hybridized carbons (Fsp3) is 0.333. The molecule has 0 unspecified atom stereocenters. The van der Waals surface area contributed by atoms with Crippen LogP contribution in [0.3, 0.4) is 0 Å². The van der Waals surface area contributed by atoms with Gasteiger partial charge in [0.2, 0.25) is 0 Å². The first kappa shape index (κ1) is 16.2. The molecule has 112 valence electrons. The molecule has 1 aromatic heterocycles. The van der Waals surface area contributed by atoms with E-state index in [1.54, 1.807) is 19.2 Å². The number of benzene rings is 1. The fourth-order valence-corrected chi connectivity index (χ4v) is 2.82. The Morgan fingerprint density at radius 3 is 2.76 bits per heavy atom. The summed E-state index contributed by atoms with van der Waals surface area (Å²) in [6, 6.07) is 4.96. The van der Waals surface area contributed by atoms with Crippen LogP contribution in [0.25, 0.3) is 0 Å². The van der Waals surface area contributed by atoms with Crippen molar-refractivity contribution in [3.05, 3.63) is 50.6 Å². The Morgan fingerprint density at radius 2 is 2.10 bits per heavy atom. The van der Waals surface area contributed by atoms with Crippen molar-refractivity contribution >= 4 is 33.3 Å². The molecule has 0 saturated heterocycles. The van der Waals surface area contributed by atoms with Crippen LogP contribution in [0, 0.1) is 5.82 Å². The number of anilines is 1. The van der Waals surface area contributed by atoms with Gasteiger partial charge in [-0.15, -0.1) is 0 Å². The highest BCUT2D eigenvalue weighted by Gasteiger charge is 2.13. The standard InChI is InChI=1S/C15H16BrClFN3/c1-3-5-11-13(16)15(19-2)21-12(20-11)8-9-6-4-7-10(17)14(9)18/h4,6-7H,3,5,8H2,1-2H3,(H,19,20,21). The molecule has 0 aliphatic carbocycles. The Bertz CT molecular complexity index is 649. The molecule has 1 N–H and O–H groups in total. The highest BCUT2D eigenvalue weighted by molar-refractivity contribution is 9.10. The van der Waals surface area contributed by atoms with Crippen LogP contribution in [0.15, 0.2) is 22.7 Å². The second-order valence-electron chi connectivity index (χ2n) is 4.64. The third-order valence-corrected chi connectivity index (χ3v) is 4.20. The number of aryl methyl sites for hydroxylation is 1. The zero-order valence-corrected chi connectivity index (χ0v) is 14.2. The molecule has 6 heteroatoms. The van der Waals surface area contributed by atoms with Gasteiger partial charge in [0, 0.05) is 13.5 Å². The summed E-state index contributed by atoms with van der Waals surface area (Å²) < 4.78 is 14.8. The highest BCUT2D eigenvalue weighted by atomic mass is 79.9. The summed E-state index contributed by atoms with van der Waals surface area (Å²) in [5.41, 5.74) is 1.42. The van der Waals surface area contributed by atoms with Crippen molar-refractivity contribution in [3.8, 4) is 0 Å². The summed E-state index contributed by atoms with van der Waals surface area (Å²) in [6.45, 7) is 2.09. The van der Waals surface area contributed by atoms with Crippen LogP contribution in [0.2, 0.25) is 5.02 Å². The number of halogens is 3. The average Bonchev–Trinajstić information content (AvgIpc) is 2.47. The number of hydrogen-bond acceptors (Lipinski definition) is 3. The van der Waals surface area contributed by atoms with Gasteiger partial charge in [0.05, 0.1) is 15.2 Å². The first-order valence-corrected chi connectivity index (χ1v) is 7.89. The van der Waals surface area contributed by atoms with Crippen LogP contribution in [-0.2, 0) is 12.8 Å². The summed E-state index contributed by atoms with van der Waals surface area (Å²) in [5, 5.41) is 3.15. The molecule has 0 spiro atoms. The van der Waals surface area contributed by atoms with Crippen molar-refractivity contribution in [1.82, 2.24) is 9.97 Å². The van der Waals surface area contributed by atoms with E-state index >= 15 is 0 Å². The topological polar surface area (TPSA) is 37.8 Å². The van der Waals surface area contributed by atoms with Gasteiger partial charge in [-0.3, -0.25) is 0 Å². The van der Waals surface area contributed by atoms with Crippen LogP contribution >= 0.6 is 27.5 Å². The number of nitrogens with zero attached hydrogens (tertiary/aromatic N) is 2. The molecule has 0 bridgehead atoms. The van der Waals surface area contributed by atoms with Gasteiger partial charge in [-0.1, -0.05) is 37.1 Å². The van der Waals surface area contributed by atoms with Gasteiger partial charge in [0.15, 0.2) is 0 Å². The minimum Gasteiger partial charge on any atom is -0.372 e. The van der Waals surface area contributed by atoms with E-state index in [1.807, 2.05) is 0 Å². The number of hydrogen-bond donors (Lipinski definition) is 1. The minimum absolute atomic E-state index is 0.118. The quantitative estimate of drug-likeness (QED) is 0.832. The lowest BCUT2D eigenvalue weighted by atomic mass is 10.1. The number of aromatic nitrogens is 2. The molecule has 0 aliphatic rings. The fourth-order valence-electron chi connectivity index (χ4n) is 2.05. The number of nitrogens with one attached hydrogen (secondary N) is 1. The van der Waals surface area contributed by atoms with Crippen molar-refractivity contribution in [2.24, 2.45) is 0 Å². The van der Waals surface area contributed by atoms with Crippen LogP contribution in [0.5, 0.6) is 0 Å². The van der Waals surface area contributed by atoms with Crippen molar-refractivity contribution in [1.29, 1.82) is 0 Å². The van der Waals surface area contributed by atoms with Crippen molar-refractivity contribution in [2.75, 3.05) is 12.4 Å². The molecular formula is C15H16BrClFN3. The van der Waals surface area contributed by atoms with Gasteiger partial charge in [0.25, 0.3) is 0 Å². The molecule has 2 rings (SSSR count). The third-order valence-electron chi connectivity index (χ3n) is 3.07. The van der Waals surface area contributed by atoms with Gasteiger partial charge in [-0.25, -0.2) is 14.4 Å². The van der Waals surface area contributed by atoms with E-state index in [9.17, 15) is 4.39 Å². The largest absolute Gasteiger partial charge is 0.372 e. The smallest absolute Gasteiger partial charge is 0.145 e. The van der Waals surface area contributed by atoms with Crippen LogP contribution in [-0.4, -0.2) is 17.0 Å². The second kappa shape index (κ2) is 7.18. The summed E-state index contributed by atoms with van der Waals surface area (Å²) in [6.07, 6.45) is 2.12. The van der Waals surface area contributed by atoms with Crippen molar-refractivity contribution < 1.29 is 4.39 Å². The van der Waals surface area contributed by atoms with E-state index in [0.29, 0.717) is 23.6 Å². The Kier molecular flexibility index (Phi) is 5.53. The lowest BCUT2D eigenvalue weighted by molar-refractivity contribution is 0.612. The predicted molar refractivity (Wildman–Crippen MR) is 87.5 cm³/mol. The maximum atomic E-state index is 14.0. The van der Waals surface area contributed by atoms with Crippen molar-refractivity contribution in [2.45, 2.75) is 26.2 Å². The Balaban J connectivity index is 2.39. The van der Waals surface area contributed by atoms with E-state index in [2.05, 4.69) is 38.1 Å². The van der Waals surface area contributed by atoms with E-state index < -0.39 is 5.82 Å². The molecule has 0 amide bonds. The Labute approximate surface area is 137 Å². The zero-order valence-electron chi connectivity index (χ0n) is 11.9. The van der Waals surface area contributed by atoms with Gasteiger partial charge in [0.1, 0.15) is 17.5 Å². The van der Waals surface area contributed by atoms with Gasteiger partial charge < -0.3 is 5.32 Å². The minimum atomic E-state index is -0.409. The normalized spacial score (nSPS) is 10.7. The molecule has 2 aromatic rings. The third kappa shape index (κ3) is 3.71.